The molecule has 3 atom stereocenters. The first-order chi connectivity index (χ1) is 19.3. The number of hydrogen-bond donors (Lipinski definition) is 0. The largest absolute Gasteiger partial charge is 0.372 e. The highest BCUT2D eigenvalue weighted by atomic mass is 17.3. The normalized spacial score (nSPS) is 16.5. The fourth-order valence-corrected chi connectivity index (χ4v) is 4.38. The molecule has 0 aliphatic carbocycles. The summed E-state index contributed by atoms with van der Waals surface area (Å²) in [7, 11) is 0. The maximum Gasteiger partial charge on any atom is 0.370 e. The van der Waals surface area contributed by atoms with Crippen LogP contribution in [0.25, 0.3) is 0 Å². The van der Waals surface area contributed by atoms with Crippen LogP contribution in [0, 0.1) is 17.8 Å². The molecule has 0 bridgehead atoms. The second-order valence-corrected chi connectivity index (χ2v) is 13.6. The Kier molecular flexibility index (Phi) is 22.1. The second-order valence-electron chi connectivity index (χ2n) is 13.6. The third kappa shape index (κ3) is 16.4. The first-order valence-electron chi connectivity index (χ1n) is 16.8. The van der Waals surface area contributed by atoms with E-state index in [1.807, 2.05) is 20.8 Å². The van der Waals surface area contributed by atoms with Gasteiger partial charge in [0, 0.05) is 6.61 Å². The van der Waals surface area contributed by atoms with Crippen molar-refractivity contribution in [2.45, 2.75) is 171 Å². The molecule has 0 N–H and O–H groups in total. The van der Waals surface area contributed by atoms with Gasteiger partial charge in [-0.25, -0.2) is 4.89 Å². The van der Waals surface area contributed by atoms with Crippen LogP contribution in [0.1, 0.15) is 147 Å². The summed E-state index contributed by atoms with van der Waals surface area (Å²) in [6.45, 7) is 27.6. The topological polar surface area (TPSA) is 64.6 Å². The van der Waals surface area contributed by atoms with Crippen LogP contribution >= 0.6 is 0 Å². The fraction of sp³-hybridized carbons (Fsp3) is 1.00. The maximum atomic E-state index is 7.00. The van der Waals surface area contributed by atoms with Gasteiger partial charge < -0.3 is 23.7 Å². The molecule has 7 nitrogen and oxygen atoms in total. The molecule has 0 amide bonds. The van der Waals surface area contributed by atoms with Crippen molar-refractivity contribution in [3.63, 3.8) is 0 Å². The van der Waals surface area contributed by atoms with E-state index in [4.69, 9.17) is 33.5 Å². The van der Waals surface area contributed by atoms with E-state index in [-0.39, 0.29) is 11.8 Å². The van der Waals surface area contributed by atoms with Gasteiger partial charge in [0.1, 0.15) is 6.10 Å². The van der Waals surface area contributed by atoms with Gasteiger partial charge in [0.05, 0.1) is 32.0 Å². The van der Waals surface area contributed by atoms with Crippen molar-refractivity contribution in [3.05, 3.63) is 0 Å². The quantitative estimate of drug-likeness (QED) is 0.0408. The highest BCUT2D eigenvalue weighted by Crippen LogP contribution is 2.44. The fourth-order valence-electron chi connectivity index (χ4n) is 4.38. The Balaban J connectivity index is 7.07. The molecule has 248 valence electrons. The van der Waals surface area contributed by atoms with E-state index < -0.39 is 23.5 Å². The lowest BCUT2D eigenvalue weighted by Gasteiger charge is -2.52. The SMILES string of the molecule is CCCCCCOOC(OCCCCC)(OCCC(C)C)C(OCC(C)C)(OC(C)(C)C)C(OCCCC)C(C)C. The molecule has 0 fully saturated rings. The first kappa shape index (κ1) is 40.7. The Bertz CT molecular complexity index is 604. The molecule has 7 heteroatoms. The highest BCUT2D eigenvalue weighted by molar-refractivity contribution is 4.95. The monoisotopic (exact) mass is 591 g/mol. The smallest absolute Gasteiger partial charge is 0.370 e. The molecular weight excluding hydrogens is 520 g/mol. The van der Waals surface area contributed by atoms with Gasteiger partial charge in [0.15, 0.2) is 0 Å². The van der Waals surface area contributed by atoms with Crippen LogP contribution in [-0.4, -0.2) is 56.5 Å². The van der Waals surface area contributed by atoms with Crippen LogP contribution in [0.15, 0.2) is 0 Å². The van der Waals surface area contributed by atoms with Crippen molar-refractivity contribution >= 4 is 0 Å². The summed E-state index contributed by atoms with van der Waals surface area (Å²) < 4.78 is 34.0. The number of unbranched alkanes of at least 4 members (excludes halogenated alkanes) is 6. The molecule has 0 aromatic heterocycles. The molecule has 41 heavy (non-hydrogen) atoms. The Labute approximate surface area is 255 Å². The zero-order valence-electron chi connectivity index (χ0n) is 29.3. The maximum absolute atomic E-state index is 7.00. The van der Waals surface area contributed by atoms with Gasteiger partial charge in [0.2, 0.25) is 0 Å². The summed E-state index contributed by atoms with van der Waals surface area (Å²) in [4.78, 5) is 12.4. The molecule has 0 spiro atoms. The van der Waals surface area contributed by atoms with E-state index >= 15 is 0 Å². The van der Waals surface area contributed by atoms with Crippen LogP contribution in [0.5, 0.6) is 0 Å². The van der Waals surface area contributed by atoms with Crippen molar-refractivity contribution in [2.75, 3.05) is 33.0 Å². The van der Waals surface area contributed by atoms with Crippen molar-refractivity contribution in [1.82, 2.24) is 0 Å². The molecular formula is C34H70O7. The van der Waals surface area contributed by atoms with E-state index in [1.54, 1.807) is 0 Å². The summed E-state index contributed by atoms with van der Waals surface area (Å²) in [5.74, 6) is -2.71. The van der Waals surface area contributed by atoms with Gasteiger partial charge >= 0.3 is 5.97 Å². The standard InChI is InChI=1S/C34H70O7/c1-13-16-19-21-25-39-41-34(36-24-20-17-14-2,37-26-22-28(4)5)33(38-27-29(6)7,40-32(10,11)12)31(30(8)9)35-23-18-15-3/h28-31H,13-27H2,1-12H3. The molecule has 0 aliphatic rings. The van der Waals surface area contributed by atoms with E-state index in [9.17, 15) is 0 Å². The molecule has 0 aromatic carbocycles. The van der Waals surface area contributed by atoms with Crippen LogP contribution in [-0.2, 0) is 33.5 Å². The molecule has 3 unspecified atom stereocenters. The molecule has 0 saturated heterocycles. The van der Waals surface area contributed by atoms with E-state index in [2.05, 4.69) is 62.3 Å². The number of ether oxygens (including phenoxy) is 5. The highest BCUT2D eigenvalue weighted by Gasteiger charge is 2.67. The summed E-state index contributed by atoms with van der Waals surface area (Å²) in [5, 5.41) is 0. The lowest BCUT2D eigenvalue weighted by molar-refractivity contribution is -0.592. The summed E-state index contributed by atoms with van der Waals surface area (Å²) >= 11 is 0. The number of hydrogen-bond acceptors (Lipinski definition) is 7. The molecule has 0 heterocycles. The van der Waals surface area contributed by atoms with Crippen molar-refractivity contribution in [1.29, 1.82) is 0 Å². The Morgan fingerprint density at radius 1 is 0.585 bits per heavy atom. The van der Waals surface area contributed by atoms with Gasteiger partial charge in [-0.3, -0.25) is 0 Å². The summed E-state index contributed by atoms with van der Waals surface area (Å²) in [6, 6.07) is 0. The van der Waals surface area contributed by atoms with E-state index in [0.717, 1.165) is 64.2 Å². The lowest BCUT2D eigenvalue weighted by atomic mass is 9.94. The lowest BCUT2D eigenvalue weighted by Crippen LogP contribution is -2.71. The van der Waals surface area contributed by atoms with Crippen molar-refractivity contribution in [3.8, 4) is 0 Å². The molecule has 0 aromatic rings. The van der Waals surface area contributed by atoms with Crippen LogP contribution in [0.3, 0.4) is 0 Å². The minimum Gasteiger partial charge on any atom is -0.372 e. The van der Waals surface area contributed by atoms with Gasteiger partial charge in [-0.05, 0) is 64.2 Å². The first-order valence-corrected chi connectivity index (χ1v) is 16.8. The zero-order valence-corrected chi connectivity index (χ0v) is 29.3. The Morgan fingerprint density at radius 2 is 1.17 bits per heavy atom. The summed E-state index contributed by atoms with van der Waals surface area (Å²) in [5.41, 5.74) is -0.637. The van der Waals surface area contributed by atoms with Crippen LogP contribution in [0.4, 0.5) is 0 Å². The Hall–Kier alpha value is -0.280. The van der Waals surface area contributed by atoms with Crippen LogP contribution in [0.2, 0.25) is 0 Å². The van der Waals surface area contributed by atoms with E-state index in [0.29, 0.717) is 39.0 Å². The van der Waals surface area contributed by atoms with Gasteiger partial charge in [0.25, 0.3) is 5.79 Å². The van der Waals surface area contributed by atoms with Crippen molar-refractivity contribution in [2.24, 2.45) is 17.8 Å². The van der Waals surface area contributed by atoms with Gasteiger partial charge in [-0.2, -0.15) is 4.89 Å². The van der Waals surface area contributed by atoms with Gasteiger partial charge in [-0.15, -0.1) is 0 Å². The molecule has 0 aliphatic heterocycles. The average Bonchev–Trinajstić information content (AvgIpc) is 2.87. The summed E-state index contributed by atoms with van der Waals surface area (Å²) in [6.07, 6.45) is 9.42. The zero-order chi connectivity index (χ0) is 31.4. The average molecular weight is 591 g/mol. The molecule has 0 rings (SSSR count). The second kappa shape index (κ2) is 22.3. The Morgan fingerprint density at radius 3 is 1.71 bits per heavy atom. The third-order valence-electron chi connectivity index (χ3n) is 6.57. The van der Waals surface area contributed by atoms with Crippen molar-refractivity contribution < 1.29 is 33.5 Å². The van der Waals surface area contributed by atoms with Gasteiger partial charge in [-0.1, -0.05) is 101 Å². The minimum absolute atomic E-state index is 0.00170. The predicted molar refractivity (Wildman–Crippen MR) is 169 cm³/mol. The molecule has 0 saturated carbocycles. The van der Waals surface area contributed by atoms with Crippen LogP contribution < -0.4 is 0 Å². The molecule has 0 radical (unpaired) electrons. The number of rotatable bonds is 27. The van der Waals surface area contributed by atoms with E-state index in [1.165, 1.54) is 0 Å². The predicted octanol–water partition coefficient (Wildman–Crippen LogP) is 9.46. The minimum atomic E-state index is -1.80. The third-order valence-corrected chi connectivity index (χ3v) is 6.57.